The summed E-state index contributed by atoms with van der Waals surface area (Å²) in [7, 11) is -1.93. The van der Waals surface area contributed by atoms with E-state index < -0.39 is 10.0 Å². The smallest absolute Gasteiger partial charge is 0.240 e. The van der Waals surface area contributed by atoms with E-state index in [-0.39, 0.29) is 10.9 Å². The van der Waals surface area contributed by atoms with Gasteiger partial charge in [0.15, 0.2) is 0 Å². The molecule has 0 radical (unpaired) electrons. The molecule has 0 aromatic heterocycles. The third-order valence-electron chi connectivity index (χ3n) is 2.51. The number of nitrogens with one attached hydrogen (secondary N) is 1. The van der Waals surface area contributed by atoms with Gasteiger partial charge in [-0.3, -0.25) is 0 Å². The number of hydrogen-bond donors (Lipinski definition) is 1. The molecule has 0 aliphatic rings. The molecule has 18 heavy (non-hydrogen) atoms. The van der Waals surface area contributed by atoms with Gasteiger partial charge in [-0.2, -0.15) is 0 Å². The van der Waals surface area contributed by atoms with Crippen LogP contribution in [0, 0.1) is 0 Å². The minimum atomic E-state index is -3.46. The van der Waals surface area contributed by atoms with Crippen molar-refractivity contribution >= 4 is 26.0 Å². The van der Waals surface area contributed by atoms with Crippen molar-refractivity contribution < 1.29 is 13.2 Å². The molecule has 6 heteroatoms. The molecule has 0 saturated carbocycles. The molecule has 1 N–H and O–H groups in total. The van der Waals surface area contributed by atoms with E-state index in [4.69, 9.17) is 4.74 Å². The van der Waals surface area contributed by atoms with Crippen molar-refractivity contribution in [1.82, 2.24) is 4.72 Å². The second-order valence-corrected chi connectivity index (χ2v) is 6.68. The van der Waals surface area contributed by atoms with E-state index >= 15 is 0 Å². The first-order chi connectivity index (χ1) is 8.40. The lowest BCUT2D eigenvalue weighted by Gasteiger charge is -2.14. The average Bonchev–Trinajstić information content (AvgIpc) is 2.28. The van der Waals surface area contributed by atoms with Gasteiger partial charge in [0.1, 0.15) is 5.75 Å². The predicted octanol–water partition coefficient (Wildman–Crippen LogP) is 2.92. The van der Waals surface area contributed by atoms with Crippen molar-refractivity contribution in [3.63, 3.8) is 0 Å². The Morgan fingerprint density at radius 2 is 2.11 bits per heavy atom. The second-order valence-electron chi connectivity index (χ2n) is 4.11. The summed E-state index contributed by atoms with van der Waals surface area (Å²) in [5.74, 6) is 0.607. The number of benzene rings is 1. The van der Waals surface area contributed by atoms with Gasteiger partial charge < -0.3 is 4.74 Å². The van der Waals surface area contributed by atoms with Gasteiger partial charge in [-0.05, 0) is 47.5 Å². The molecule has 0 aliphatic heterocycles. The topological polar surface area (TPSA) is 55.4 Å². The average molecular weight is 336 g/mol. The number of halogens is 1. The van der Waals surface area contributed by atoms with Crippen molar-refractivity contribution in [2.75, 3.05) is 7.11 Å². The van der Waals surface area contributed by atoms with E-state index in [1.807, 2.05) is 13.8 Å². The Kier molecular flexibility index (Phi) is 5.62. The van der Waals surface area contributed by atoms with Crippen molar-refractivity contribution in [2.45, 2.75) is 37.6 Å². The first-order valence-electron chi connectivity index (χ1n) is 5.76. The molecule has 1 unspecified atom stereocenters. The zero-order valence-electron chi connectivity index (χ0n) is 10.7. The van der Waals surface area contributed by atoms with Gasteiger partial charge in [-0.1, -0.05) is 13.3 Å². The number of sulfonamides is 1. The molecule has 102 valence electrons. The summed E-state index contributed by atoms with van der Waals surface area (Å²) in [6.07, 6.45) is 1.76. The first kappa shape index (κ1) is 15.5. The lowest BCUT2D eigenvalue weighted by Crippen LogP contribution is -2.32. The molecule has 0 spiro atoms. The van der Waals surface area contributed by atoms with Crippen molar-refractivity contribution in [2.24, 2.45) is 0 Å². The highest BCUT2D eigenvalue weighted by Gasteiger charge is 2.18. The van der Waals surface area contributed by atoms with Crippen LogP contribution in [-0.4, -0.2) is 21.6 Å². The number of rotatable bonds is 6. The van der Waals surface area contributed by atoms with E-state index in [9.17, 15) is 8.42 Å². The lowest BCUT2D eigenvalue weighted by molar-refractivity contribution is 0.411. The Labute approximate surface area is 117 Å². The predicted molar refractivity (Wildman–Crippen MR) is 75.4 cm³/mol. The fourth-order valence-electron chi connectivity index (χ4n) is 1.64. The Bertz CT molecular complexity index is 502. The third-order valence-corrected chi connectivity index (χ3v) is 4.72. The number of ether oxygens (including phenoxy) is 1. The zero-order chi connectivity index (χ0) is 13.8. The van der Waals surface area contributed by atoms with Crippen LogP contribution in [0.2, 0.25) is 0 Å². The van der Waals surface area contributed by atoms with Crippen molar-refractivity contribution in [3.05, 3.63) is 22.7 Å². The molecular weight excluding hydrogens is 318 g/mol. The molecule has 1 rings (SSSR count). The van der Waals surface area contributed by atoms with Crippen LogP contribution in [0.4, 0.5) is 0 Å². The largest absolute Gasteiger partial charge is 0.496 e. The van der Waals surface area contributed by atoms with Gasteiger partial charge in [0, 0.05) is 6.04 Å². The normalized spacial score (nSPS) is 13.3. The summed E-state index contributed by atoms with van der Waals surface area (Å²) >= 11 is 3.28. The molecule has 0 aliphatic carbocycles. The van der Waals surface area contributed by atoms with E-state index in [0.29, 0.717) is 10.2 Å². The van der Waals surface area contributed by atoms with Gasteiger partial charge >= 0.3 is 0 Å². The molecular formula is C12H18BrNO3S. The molecule has 1 aromatic rings. The summed E-state index contributed by atoms with van der Waals surface area (Å²) in [6, 6.07) is 4.63. The van der Waals surface area contributed by atoms with Gasteiger partial charge in [-0.25, -0.2) is 13.1 Å². The molecule has 0 fully saturated rings. The van der Waals surface area contributed by atoms with Crippen LogP contribution in [0.5, 0.6) is 5.75 Å². The first-order valence-corrected chi connectivity index (χ1v) is 8.04. The van der Waals surface area contributed by atoms with E-state index in [1.54, 1.807) is 12.1 Å². The molecule has 0 bridgehead atoms. The van der Waals surface area contributed by atoms with E-state index in [1.165, 1.54) is 13.2 Å². The summed E-state index contributed by atoms with van der Waals surface area (Å²) in [6.45, 7) is 3.88. The van der Waals surface area contributed by atoms with E-state index in [2.05, 4.69) is 20.7 Å². The summed E-state index contributed by atoms with van der Waals surface area (Å²) in [5, 5.41) is 0. The summed E-state index contributed by atoms with van der Waals surface area (Å²) < 4.78 is 32.5. The summed E-state index contributed by atoms with van der Waals surface area (Å²) in [5.41, 5.74) is 0. The Hall–Kier alpha value is -0.590. The van der Waals surface area contributed by atoms with Gasteiger partial charge in [0.2, 0.25) is 10.0 Å². The Morgan fingerprint density at radius 1 is 1.44 bits per heavy atom. The molecule has 0 amide bonds. The fourth-order valence-corrected chi connectivity index (χ4v) is 3.64. The highest BCUT2D eigenvalue weighted by atomic mass is 79.9. The number of hydrogen-bond acceptors (Lipinski definition) is 3. The van der Waals surface area contributed by atoms with Crippen LogP contribution in [0.1, 0.15) is 26.7 Å². The fraction of sp³-hybridized carbons (Fsp3) is 0.500. The lowest BCUT2D eigenvalue weighted by atomic mass is 10.2. The minimum Gasteiger partial charge on any atom is -0.496 e. The molecule has 4 nitrogen and oxygen atoms in total. The highest BCUT2D eigenvalue weighted by Crippen LogP contribution is 2.27. The molecule has 1 aromatic carbocycles. The van der Waals surface area contributed by atoms with Gasteiger partial charge in [0.05, 0.1) is 16.5 Å². The van der Waals surface area contributed by atoms with Crippen LogP contribution >= 0.6 is 15.9 Å². The zero-order valence-corrected chi connectivity index (χ0v) is 13.1. The van der Waals surface area contributed by atoms with Crippen LogP contribution in [0.3, 0.4) is 0 Å². The van der Waals surface area contributed by atoms with Crippen LogP contribution in [0.15, 0.2) is 27.6 Å². The SMILES string of the molecule is CCCC(C)NS(=O)(=O)c1ccc(OC)c(Br)c1. The number of methoxy groups -OCH3 is 1. The monoisotopic (exact) mass is 335 g/mol. The Balaban J connectivity index is 2.95. The molecule has 0 heterocycles. The van der Waals surface area contributed by atoms with Crippen LogP contribution in [0.25, 0.3) is 0 Å². The quantitative estimate of drug-likeness (QED) is 0.869. The van der Waals surface area contributed by atoms with Gasteiger partial charge in [0.25, 0.3) is 0 Å². The highest BCUT2D eigenvalue weighted by molar-refractivity contribution is 9.10. The van der Waals surface area contributed by atoms with Crippen LogP contribution < -0.4 is 9.46 Å². The van der Waals surface area contributed by atoms with Crippen molar-refractivity contribution in [3.8, 4) is 5.75 Å². The van der Waals surface area contributed by atoms with E-state index in [0.717, 1.165) is 12.8 Å². The van der Waals surface area contributed by atoms with Crippen molar-refractivity contribution in [1.29, 1.82) is 0 Å². The van der Waals surface area contributed by atoms with Gasteiger partial charge in [-0.15, -0.1) is 0 Å². The Morgan fingerprint density at radius 3 is 2.61 bits per heavy atom. The standard InChI is InChI=1S/C12H18BrNO3S/c1-4-5-9(2)14-18(15,16)10-6-7-12(17-3)11(13)8-10/h6-9,14H,4-5H2,1-3H3. The second kappa shape index (κ2) is 6.54. The summed E-state index contributed by atoms with van der Waals surface area (Å²) in [4.78, 5) is 0.234. The van der Waals surface area contributed by atoms with Crippen LogP contribution in [-0.2, 0) is 10.0 Å². The maximum atomic E-state index is 12.1. The minimum absolute atomic E-state index is 0.0686. The molecule has 1 atom stereocenters. The maximum Gasteiger partial charge on any atom is 0.240 e. The third kappa shape index (κ3) is 3.96. The molecule has 0 saturated heterocycles. The maximum absolute atomic E-state index is 12.1.